The molecule has 0 bridgehead atoms. The van der Waals surface area contributed by atoms with Gasteiger partial charge in [0.2, 0.25) is 5.91 Å². The molecule has 0 aliphatic heterocycles. The fourth-order valence-electron chi connectivity index (χ4n) is 1.97. The molecule has 0 saturated carbocycles. The lowest BCUT2D eigenvalue weighted by Gasteiger charge is -2.09. The van der Waals surface area contributed by atoms with E-state index in [2.05, 4.69) is 10.6 Å². The molecule has 7 heteroatoms. The molecule has 2 amide bonds. The van der Waals surface area contributed by atoms with Gasteiger partial charge >= 0.3 is 0 Å². The van der Waals surface area contributed by atoms with Crippen LogP contribution in [-0.2, 0) is 11.3 Å². The minimum Gasteiger partial charge on any atom is -0.497 e. The maximum absolute atomic E-state index is 13.6. The summed E-state index contributed by atoms with van der Waals surface area (Å²) in [5, 5.41) is 4.98. The highest BCUT2D eigenvalue weighted by Gasteiger charge is 2.16. The van der Waals surface area contributed by atoms with E-state index < -0.39 is 17.6 Å². The topological polar surface area (TPSA) is 67.4 Å². The molecule has 24 heavy (non-hydrogen) atoms. The van der Waals surface area contributed by atoms with Gasteiger partial charge < -0.3 is 15.4 Å². The molecule has 0 radical (unpaired) electrons. The van der Waals surface area contributed by atoms with Crippen LogP contribution in [0.4, 0.5) is 4.39 Å². The summed E-state index contributed by atoms with van der Waals surface area (Å²) in [5.74, 6) is -1.15. The smallest absolute Gasteiger partial charge is 0.256 e. The number of hydrogen-bond donors (Lipinski definition) is 2. The third kappa shape index (κ3) is 4.70. The van der Waals surface area contributed by atoms with Gasteiger partial charge in [0.05, 0.1) is 24.2 Å². The fraction of sp³-hybridized carbons (Fsp3) is 0.176. The minimum absolute atomic E-state index is 0.00820. The molecule has 2 aromatic carbocycles. The number of rotatable bonds is 6. The number of halogens is 2. The van der Waals surface area contributed by atoms with E-state index in [1.54, 1.807) is 19.2 Å². The fourth-order valence-corrected chi connectivity index (χ4v) is 2.22. The Morgan fingerprint density at radius 1 is 1.12 bits per heavy atom. The molecule has 0 spiro atoms. The van der Waals surface area contributed by atoms with Gasteiger partial charge in [-0.15, -0.1) is 0 Å². The summed E-state index contributed by atoms with van der Waals surface area (Å²) in [6.45, 7) is 0.0266. The van der Waals surface area contributed by atoms with Crippen LogP contribution in [0.2, 0.25) is 5.02 Å². The highest BCUT2D eigenvalue weighted by molar-refractivity contribution is 6.33. The van der Waals surface area contributed by atoms with Crippen LogP contribution < -0.4 is 15.4 Å². The van der Waals surface area contributed by atoms with Gasteiger partial charge in [-0.1, -0.05) is 29.8 Å². The van der Waals surface area contributed by atoms with Crippen molar-refractivity contribution in [3.63, 3.8) is 0 Å². The van der Waals surface area contributed by atoms with Crippen LogP contribution in [0.15, 0.2) is 42.5 Å². The number of benzene rings is 2. The second-order valence-corrected chi connectivity index (χ2v) is 5.31. The molecule has 0 aromatic heterocycles. The Hall–Kier alpha value is -2.60. The van der Waals surface area contributed by atoms with E-state index in [9.17, 15) is 14.0 Å². The number of carbonyl (C=O) groups excluding carboxylic acids is 2. The van der Waals surface area contributed by atoms with E-state index in [4.69, 9.17) is 16.3 Å². The molecule has 0 unspecified atom stereocenters. The number of ether oxygens (including phenoxy) is 1. The van der Waals surface area contributed by atoms with Crippen LogP contribution in [0.25, 0.3) is 0 Å². The number of amides is 2. The predicted octanol–water partition coefficient (Wildman–Crippen LogP) is 2.53. The second kappa shape index (κ2) is 8.31. The Balaban J connectivity index is 1.83. The van der Waals surface area contributed by atoms with Crippen molar-refractivity contribution in [1.29, 1.82) is 0 Å². The lowest BCUT2D eigenvalue weighted by Crippen LogP contribution is -2.37. The number of hydrogen-bond acceptors (Lipinski definition) is 3. The summed E-state index contributed by atoms with van der Waals surface area (Å²) in [6, 6.07) is 11.1. The SMILES string of the molecule is COc1ccc(CNC(=O)CNC(=O)c2c(F)cccc2Cl)cc1. The van der Waals surface area contributed by atoms with E-state index in [0.29, 0.717) is 6.54 Å². The Kier molecular flexibility index (Phi) is 6.14. The Morgan fingerprint density at radius 3 is 2.46 bits per heavy atom. The third-order valence-corrected chi connectivity index (χ3v) is 3.56. The molecule has 0 aliphatic rings. The molecule has 2 rings (SSSR count). The third-order valence-electron chi connectivity index (χ3n) is 3.25. The average molecular weight is 351 g/mol. The van der Waals surface area contributed by atoms with Crippen LogP contribution in [0.5, 0.6) is 5.75 Å². The van der Waals surface area contributed by atoms with E-state index in [1.807, 2.05) is 12.1 Å². The lowest BCUT2D eigenvalue weighted by molar-refractivity contribution is -0.120. The zero-order valence-corrected chi connectivity index (χ0v) is 13.7. The van der Waals surface area contributed by atoms with Crippen LogP contribution >= 0.6 is 11.6 Å². The molecule has 0 fully saturated rings. The van der Waals surface area contributed by atoms with Gasteiger partial charge in [-0.3, -0.25) is 9.59 Å². The Bertz CT molecular complexity index is 715. The first kappa shape index (κ1) is 17.7. The zero-order valence-electron chi connectivity index (χ0n) is 12.9. The molecule has 2 aromatic rings. The monoisotopic (exact) mass is 350 g/mol. The summed E-state index contributed by atoms with van der Waals surface area (Å²) in [6.07, 6.45) is 0. The van der Waals surface area contributed by atoms with Gasteiger partial charge in [-0.05, 0) is 29.8 Å². The molecule has 0 heterocycles. The molecule has 2 N–H and O–H groups in total. The van der Waals surface area contributed by atoms with Crippen LogP contribution in [0.3, 0.4) is 0 Å². The summed E-state index contributed by atoms with van der Waals surface area (Å²) < 4.78 is 18.6. The van der Waals surface area contributed by atoms with E-state index in [1.165, 1.54) is 12.1 Å². The van der Waals surface area contributed by atoms with E-state index in [-0.39, 0.29) is 17.1 Å². The van der Waals surface area contributed by atoms with Crippen molar-refractivity contribution < 1.29 is 18.7 Å². The van der Waals surface area contributed by atoms with Crippen molar-refractivity contribution in [1.82, 2.24) is 10.6 Å². The highest BCUT2D eigenvalue weighted by Crippen LogP contribution is 2.18. The first-order valence-corrected chi connectivity index (χ1v) is 7.51. The molecule has 0 atom stereocenters. The Labute approximate surface area is 143 Å². The van der Waals surface area contributed by atoms with Gasteiger partial charge in [0.1, 0.15) is 11.6 Å². The van der Waals surface area contributed by atoms with Crippen molar-refractivity contribution in [2.45, 2.75) is 6.54 Å². The predicted molar refractivity (Wildman–Crippen MR) is 88.6 cm³/mol. The van der Waals surface area contributed by atoms with E-state index >= 15 is 0 Å². The van der Waals surface area contributed by atoms with Crippen molar-refractivity contribution in [3.8, 4) is 5.75 Å². The van der Waals surface area contributed by atoms with Crippen LogP contribution in [0, 0.1) is 5.82 Å². The van der Waals surface area contributed by atoms with Gasteiger partial charge in [-0.2, -0.15) is 0 Å². The highest BCUT2D eigenvalue weighted by atomic mass is 35.5. The van der Waals surface area contributed by atoms with Crippen molar-refractivity contribution >= 4 is 23.4 Å². The van der Waals surface area contributed by atoms with Gasteiger partial charge in [-0.25, -0.2) is 4.39 Å². The van der Waals surface area contributed by atoms with Crippen molar-refractivity contribution in [2.75, 3.05) is 13.7 Å². The second-order valence-electron chi connectivity index (χ2n) is 4.90. The first-order chi connectivity index (χ1) is 11.5. The van der Waals surface area contributed by atoms with E-state index in [0.717, 1.165) is 17.4 Å². The number of nitrogens with one attached hydrogen (secondary N) is 2. The quantitative estimate of drug-likeness (QED) is 0.841. The largest absolute Gasteiger partial charge is 0.497 e. The molecular formula is C17H16ClFN2O3. The normalized spacial score (nSPS) is 10.1. The summed E-state index contributed by atoms with van der Waals surface area (Å²) in [7, 11) is 1.57. The van der Waals surface area contributed by atoms with Crippen LogP contribution in [-0.4, -0.2) is 25.5 Å². The summed E-state index contributed by atoms with van der Waals surface area (Å²) in [5.41, 5.74) is 0.606. The lowest BCUT2D eigenvalue weighted by atomic mass is 10.2. The first-order valence-electron chi connectivity index (χ1n) is 7.13. The van der Waals surface area contributed by atoms with Crippen molar-refractivity contribution in [2.24, 2.45) is 0 Å². The Morgan fingerprint density at radius 2 is 1.83 bits per heavy atom. The summed E-state index contributed by atoms with van der Waals surface area (Å²) >= 11 is 5.79. The maximum atomic E-state index is 13.6. The molecule has 5 nitrogen and oxygen atoms in total. The van der Waals surface area contributed by atoms with Crippen molar-refractivity contribution in [3.05, 3.63) is 64.4 Å². The van der Waals surface area contributed by atoms with Gasteiger partial charge in [0, 0.05) is 6.54 Å². The molecule has 0 aliphatic carbocycles. The summed E-state index contributed by atoms with van der Waals surface area (Å²) in [4.78, 5) is 23.7. The van der Waals surface area contributed by atoms with Gasteiger partial charge in [0.25, 0.3) is 5.91 Å². The number of carbonyl (C=O) groups is 2. The molecular weight excluding hydrogens is 335 g/mol. The maximum Gasteiger partial charge on any atom is 0.256 e. The standard InChI is InChI=1S/C17H16ClFN2O3/c1-24-12-7-5-11(6-8-12)9-20-15(22)10-21-17(23)16-13(18)3-2-4-14(16)19/h2-8H,9-10H2,1H3,(H,20,22)(H,21,23). The molecule has 126 valence electrons. The van der Waals surface area contributed by atoms with Gasteiger partial charge in [0.15, 0.2) is 0 Å². The number of methoxy groups -OCH3 is 1. The van der Waals surface area contributed by atoms with Crippen LogP contribution in [0.1, 0.15) is 15.9 Å². The molecule has 0 saturated heterocycles. The zero-order chi connectivity index (χ0) is 17.5. The minimum atomic E-state index is -0.738. The average Bonchev–Trinajstić information content (AvgIpc) is 2.58.